The first kappa shape index (κ1) is 18.7. The predicted molar refractivity (Wildman–Crippen MR) is 112 cm³/mol. The molecule has 4 heterocycles. The molecule has 2 aromatic rings. The Kier molecular flexibility index (Phi) is 5.19. The van der Waals surface area contributed by atoms with Gasteiger partial charge >= 0.3 is 0 Å². The molecule has 0 amide bonds. The molecule has 1 atom stereocenters. The SMILES string of the molecule is CC1CCCN1c1cc(C2(C)CCNCC2)cc(Nc2cc(C#N)ccn2)n1. The Hall–Kier alpha value is -2.65. The van der Waals surface area contributed by atoms with Crippen LogP contribution in [0.2, 0.25) is 0 Å². The third kappa shape index (κ3) is 3.81. The van der Waals surface area contributed by atoms with E-state index in [1.54, 1.807) is 18.3 Å². The fraction of sp³-hybridized carbons (Fsp3) is 0.500. The van der Waals surface area contributed by atoms with E-state index in [1.807, 2.05) is 0 Å². The van der Waals surface area contributed by atoms with Gasteiger partial charge in [-0.15, -0.1) is 0 Å². The highest BCUT2D eigenvalue weighted by molar-refractivity contribution is 5.59. The number of nitrogens with zero attached hydrogens (tertiary/aromatic N) is 4. The van der Waals surface area contributed by atoms with Gasteiger partial charge in [0, 0.05) is 18.8 Å². The van der Waals surface area contributed by atoms with Gasteiger partial charge in [-0.05, 0) is 80.9 Å². The molecular weight excluding hydrogens is 348 g/mol. The van der Waals surface area contributed by atoms with Crippen LogP contribution in [0.3, 0.4) is 0 Å². The lowest BCUT2D eigenvalue weighted by molar-refractivity contribution is 0.335. The van der Waals surface area contributed by atoms with Crippen molar-refractivity contribution in [1.82, 2.24) is 15.3 Å². The quantitative estimate of drug-likeness (QED) is 0.847. The van der Waals surface area contributed by atoms with E-state index in [2.05, 4.69) is 52.6 Å². The van der Waals surface area contributed by atoms with Crippen molar-refractivity contribution in [3.63, 3.8) is 0 Å². The third-order valence-electron chi connectivity index (χ3n) is 6.21. The number of pyridine rings is 2. The summed E-state index contributed by atoms with van der Waals surface area (Å²) in [4.78, 5) is 11.7. The van der Waals surface area contributed by atoms with Crippen LogP contribution in [0.25, 0.3) is 0 Å². The van der Waals surface area contributed by atoms with E-state index in [0.29, 0.717) is 17.4 Å². The second-order valence-corrected chi connectivity index (χ2v) is 8.26. The second-order valence-electron chi connectivity index (χ2n) is 8.26. The molecule has 2 fully saturated rings. The first-order valence-electron chi connectivity index (χ1n) is 10.2. The van der Waals surface area contributed by atoms with Crippen LogP contribution < -0.4 is 15.5 Å². The lowest BCUT2D eigenvalue weighted by atomic mass is 9.75. The number of rotatable bonds is 4. The molecule has 2 saturated heterocycles. The molecule has 0 radical (unpaired) electrons. The number of nitrogens with one attached hydrogen (secondary N) is 2. The van der Waals surface area contributed by atoms with Crippen molar-refractivity contribution in [3.8, 4) is 6.07 Å². The van der Waals surface area contributed by atoms with E-state index >= 15 is 0 Å². The minimum Gasteiger partial charge on any atom is -0.354 e. The zero-order valence-corrected chi connectivity index (χ0v) is 16.7. The highest BCUT2D eigenvalue weighted by Gasteiger charge is 2.31. The number of hydrogen-bond acceptors (Lipinski definition) is 6. The molecule has 28 heavy (non-hydrogen) atoms. The molecule has 6 nitrogen and oxygen atoms in total. The minimum absolute atomic E-state index is 0.143. The van der Waals surface area contributed by atoms with Crippen LogP contribution in [0.1, 0.15) is 50.7 Å². The van der Waals surface area contributed by atoms with Crippen LogP contribution in [0.15, 0.2) is 30.5 Å². The van der Waals surface area contributed by atoms with Crippen LogP contribution in [0.5, 0.6) is 0 Å². The van der Waals surface area contributed by atoms with Gasteiger partial charge in [0.25, 0.3) is 0 Å². The van der Waals surface area contributed by atoms with E-state index < -0.39 is 0 Å². The number of nitriles is 1. The summed E-state index contributed by atoms with van der Waals surface area (Å²) in [6.45, 7) is 7.78. The van der Waals surface area contributed by atoms with Gasteiger partial charge in [0.2, 0.25) is 0 Å². The molecule has 2 aliphatic heterocycles. The maximum absolute atomic E-state index is 9.16. The zero-order valence-electron chi connectivity index (χ0n) is 16.7. The molecule has 0 bridgehead atoms. The smallest absolute Gasteiger partial charge is 0.134 e. The number of aromatic nitrogens is 2. The Labute approximate surface area is 167 Å². The molecule has 2 aromatic heterocycles. The summed E-state index contributed by atoms with van der Waals surface area (Å²) in [6, 6.07) is 10.6. The van der Waals surface area contributed by atoms with Crippen molar-refractivity contribution < 1.29 is 0 Å². The molecule has 146 valence electrons. The molecule has 1 unspecified atom stereocenters. The van der Waals surface area contributed by atoms with Gasteiger partial charge in [-0.3, -0.25) is 0 Å². The van der Waals surface area contributed by atoms with Crippen LogP contribution in [0, 0.1) is 11.3 Å². The van der Waals surface area contributed by atoms with Gasteiger partial charge in [-0.25, -0.2) is 9.97 Å². The Bertz CT molecular complexity index is 881. The summed E-state index contributed by atoms with van der Waals surface area (Å²) in [5, 5.41) is 16.0. The van der Waals surface area contributed by atoms with E-state index in [9.17, 15) is 0 Å². The summed E-state index contributed by atoms with van der Waals surface area (Å²) in [5.41, 5.74) is 2.06. The summed E-state index contributed by atoms with van der Waals surface area (Å²) in [5.74, 6) is 2.50. The lowest BCUT2D eigenvalue weighted by Gasteiger charge is -2.36. The number of anilines is 3. The van der Waals surface area contributed by atoms with E-state index in [-0.39, 0.29) is 5.41 Å². The fourth-order valence-corrected chi connectivity index (χ4v) is 4.32. The Morgan fingerprint density at radius 2 is 2.07 bits per heavy atom. The van der Waals surface area contributed by atoms with Gasteiger partial charge < -0.3 is 15.5 Å². The number of hydrogen-bond donors (Lipinski definition) is 2. The molecule has 2 N–H and O–H groups in total. The van der Waals surface area contributed by atoms with Crippen LogP contribution in [0.4, 0.5) is 17.5 Å². The molecule has 2 aliphatic rings. The van der Waals surface area contributed by atoms with Crippen LogP contribution in [-0.2, 0) is 5.41 Å². The van der Waals surface area contributed by atoms with Gasteiger partial charge in [-0.2, -0.15) is 5.26 Å². The van der Waals surface area contributed by atoms with Crippen LogP contribution >= 0.6 is 0 Å². The van der Waals surface area contributed by atoms with Gasteiger partial charge in [-0.1, -0.05) is 6.92 Å². The Balaban J connectivity index is 1.72. The fourth-order valence-electron chi connectivity index (χ4n) is 4.32. The largest absolute Gasteiger partial charge is 0.354 e. The van der Waals surface area contributed by atoms with Gasteiger partial charge in [0.05, 0.1) is 11.6 Å². The molecule has 0 aliphatic carbocycles. The number of piperidine rings is 1. The molecule has 6 heteroatoms. The van der Waals surface area contributed by atoms with Crippen molar-refractivity contribution in [2.45, 2.75) is 51.0 Å². The first-order valence-corrected chi connectivity index (χ1v) is 10.2. The minimum atomic E-state index is 0.143. The van der Waals surface area contributed by atoms with E-state index in [0.717, 1.165) is 44.1 Å². The monoisotopic (exact) mass is 376 g/mol. The van der Waals surface area contributed by atoms with Crippen LogP contribution in [-0.4, -0.2) is 35.6 Å². The maximum Gasteiger partial charge on any atom is 0.134 e. The van der Waals surface area contributed by atoms with Gasteiger partial charge in [0.15, 0.2) is 0 Å². The summed E-state index contributed by atoms with van der Waals surface area (Å²) in [7, 11) is 0. The highest BCUT2D eigenvalue weighted by atomic mass is 15.2. The molecular formula is C22H28N6. The lowest BCUT2D eigenvalue weighted by Crippen LogP contribution is -2.38. The first-order chi connectivity index (χ1) is 13.6. The molecule has 0 aromatic carbocycles. The van der Waals surface area contributed by atoms with Gasteiger partial charge in [0.1, 0.15) is 17.5 Å². The molecule has 0 saturated carbocycles. The second kappa shape index (κ2) is 7.76. The average molecular weight is 377 g/mol. The summed E-state index contributed by atoms with van der Waals surface area (Å²) in [6.07, 6.45) is 6.31. The third-order valence-corrected chi connectivity index (χ3v) is 6.21. The highest BCUT2D eigenvalue weighted by Crippen LogP contribution is 2.37. The van der Waals surface area contributed by atoms with Crippen molar-refractivity contribution in [1.29, 1.82) is 5.26 Å². The zero-order chi connectivity index (χ0) is 19.6. The average Bonchev–Trinajstić information content (AvgIpc) is 3.14. The Morgan fingerprint density at radius 1 is 1.25 bits per heavy atom. The Morgan fingerprint density at radius 3 is 2.79 bits per heavy atom. The topological polar surface area (TPSA) is 76.9 Å². The van der Waals surface area contributed by atoms with Crippen molar-refractivity contribution in [2.24, 2.45) is 0 Å². The predicted octanol–water partition coefficient (Wildman–Crippen LogP) is 3.72. The van der Waals surface area contributed by atoms with Crippen molar-refractivity contribution >= 4 is 17.5 Å². The normalized spacial score (nSPS) is 21.3. The standard InChI is InChI=1S/C22H28N6/c1-16-4-3-11-28(16)21-14-18(22(2)6-9-24-10-7-22)13-20(27-21)26-19-12-17(15-23)5-8-25-19/h5,8,12-14,16,24H,3-4,6-7,9-11H2,1-2H3,(H,25,26,27). The van der Waals surface area contributed by atoms with E-state index in [1.165, 1.54) is 18.4 Å². The van der Waals surface area contributed by atoms with Crippen molar-refractivity contribution in [3.05, 3.63) is 41.6 Å². The summed E-state index contributed by atoms with van der Waals surface area (Å²) < 4.78 is 0. The maximum atomic E-state index is 9.16. The summed E-state index contributed by atoms with van der Waals surface area (Å²) >= 11 is 0. The molecule has 4 rings (SSSR count). The van der Waals surface area contributed by atoms with E-state index in [4.69, 9.17) is 10.2 Å². The van der Waals surface area contributed by atoms with Crippen molar-refractivity contribution in [2.75, 3.05) is 29.9 Å². The molecule has 0 spiro atoms.